The molecule has 3 aromatic heterocycles. The number of fused-ring (bicyclic) bond motifs is 2. The van der Waals surface area contributed by atoms with Crippen LogP contribution in [0.1, 0.15) is 0 Å². The summed E-state index contributed by atoms with van der Waals surface area (Å²) in [6.45, 7) is 0. The molecule has 0 spiro atoms. The highest BCUT2D eigenvalue weighted by molar-refractivity contribution is 6.27. The molecule has 234 valence electrons. The number of benzene rings is 7. The van der Waals surface area contributed by atoms with Gasteiger partial charge in [0.1, 0.15) is 11.2 Å². The first kappa shape index (κ1) is 28.2. The van der Waals surface area contributed by atoms with E-state index < -0.39 is 0 Å². The second-order valence-corrected chi connectivity index (χ2v) is 12.5. The molecule has 3 heterocycles. The van der Waals surface area contributed by atoms with Crippen LogP contribution in [-0.4, -0.2) is 19.5 Å². The summed E-state index contributed by atoms with van der Waals surface area (Å²) in [6, 6.07) is 58.5. The normalized spacial score (nSPS) is 11.6. The van der Waals surface area contributed by atoms with Gasteiger partial charge in [0.05, 0.1) is 16.4 Å². The maximum atomic E-state index is 6.80. The highest BCUT2D eigenvalue weighted by Gasteiger charge is 2.21. The smallest absolute Gasteiger partial charge is 0.164 e. The van der Waals surface area contributed by atoms with Gasteiger partial charge in [-0.1, -0.05) is 133 Å². The first-order valence-electron chi connectivity index (χ1n) is 16.7. The van der Waals surface area contributed by atoms with E-state index in [-0.39, 0.29) is 0 Å². The molecule has 0 saturated heterocycles. The van der Waals surface area contributed by atoms with E-state index >= 15 is 0 Å². The standard InChI is InChI=1S/C45H28N4O/c1-4-14-29(15-5-1)33-27-38-42-40(28-33)50-39-25-11-10-22-35(39)36-23-13-24-37(41(36)42)49(38)34-21-12-20-32(26-34)45-47-43(30-16-6-2-7-17-30)46-44(48-45)31-18-8-3-9-19-31/h1-28H. The zero-order valence-electron chi connectivity index (χ0n) is 26.9. The molecule has 0 N–H and O–H groups in total. The molecule has 0 aliphatic rings. The zero-order chi connectivity index (χ0) is 33.0. The predicted octanol–water partition coefficient (Wildman–Crippen LogP) is 11.5. The lowest BCUT2D eigenvalue weighted by atomic mass is 10.0. The molecule has 0 fully saturated rings. The van der Waals surface area contributed by atoms with Crippen molar-refractivity contribution in [2.24, 2.45) is 0 Å². The number of hydrogen-bond acceptors (Lipinski definition) is 4. The van der Waals surface area contributed by atoms with Gasteiger partial charge >= 0.3 is 0 Å². The van der Waals surface area contributed by atoms with E-state index in [2.05, 4.69) is 102 Å². The van der Waals surface area contributed by atoms with Crippen molar-refractivity contribution in [3.05, 3.63) is 170 Å². The Balaban J connectivity index is 1.25. The minimum absolute atomic E-state index is 0.616. The molecule has 0 aliphatic heterocycles. The Hall–Kier alpha value is -6.85. The maximum Gasteiger partial charge on any atom is 0.164 e. The summed E-state index contributed by atoms with van der Waals surface area (Å²) in [6.07, 6.45) is 0. The number of nitrogens with zero attached hydrogens (tertiary/aromatic N) is 4. The Kier molecular flexibility index (Phi) is 6.42. The molecule has 0 radical (unpaired) electrons. The highest BCUT2D eigenvalue weighted by atomic mass is 16.3. The average Bonchev–Trinajstić information content (AvgIpc) is 3.46. The van der Waals surface area contributed by atoms with Crippen LogP contribution < -0.4 is 0 Å². The summed E-state index contributed by atoms with van der Waals surface area (Å²) in [5.41, 5.74) is 9.88. The quantitative estimate of drug-likeness (QED) is 0.188. The number of rotatable bonds is 5. The highest BCUT2D eigenvalue weighted by Crippen LogP contribution is 2.43. The van der Waals surface area contributed by atoms with Gasteiger partial charge in [0.25, 0.3) is 0 Å². The van der Waals surface area contributed by atoms with Crippen LogP contribution in [0, 0.1) is 0 Å². The fourth-order valence-corrected chi connectivity index (χ4v) is 7.15. The topological polar surface area (TPSA) is 56.7 Å². The Labute approximate surface area is 287 Å². The van der Waals surface area contributed by atoms with Gasteiger partial charge in [0, 0.05) is 33.2 Å². The average molecular weight is 641 g/mol. The molecule has 0 atom stereocenters. The van der Waals surface area contributed by atoms with Crippen molar-refractivity contribution in [3.63, 3.8) is 0 Å². The number of hydrogen-bond donors (Lipinski definition) is 0. The van der Waals surface area contributed by atoms with Gasteiger partial charge in [0.2, 0.25) is 0 Å². The van der Waals surface area contributed by atoms with E-state index in [4.69, 9.17) is 19.4 Å². The van der Waals surface area contributed by atoms with E-state index in [0.717, 1.165) is 71.9 Å². The van der Waals surface area contributed by atoms with Crippen molar-refractivity contribution in [3.8, 4) is 51.0 Å². The summed E-state index contributed by atoms with van der Waals surface area (Å²) in [4.78, 5) is 15.0. The summed E-state index contributed by atoms with van der Waals surface area (Å²) < 4.78 is 9.14. The van der Waals surface area contributed by atoms with Gasteiger partial charge in [-0.05, 0) is 52.9 Å². The Morgan fingerprint density at radius 2 is 0.920 bits per heavy atom. The van der Waals surface area contributed by atoms with Crippen LogP contribution in [0.25, 0.3) is 94.7 Å². The molecule has 0 saturated carbocycles. The second kappa shape index (κ2) is 11.4. The third kappa shape index (κ3) is 4.60. The molecule has 0 amide bonds. The molecular weight excluding hydrogens is 613 g/mol. The van der Waals surface area contributed by atoms with E-state index in [1.54, 1.807) is 0 Å². The lowest BCUT2D eigenvalue weighted by Gasteiger charge is -2.12. The van der Waals surface area contributed by atoms with Crippen LogP contribution in [0.2, 0.25) is 0 Å². The van der Waals surface area contributed by atoms with Crippen LogP contribution >= 0.6 is 0 Å². The SMILES string of the molecule is c1ccc(-c2cc3oc4ccccc4c4cccc5c4c3c(c2)n5-c2cccc(-c3nc(-c4ccccc4)nc(-c4ccccc4)n3)c2)cc1. The minimum atomic E-state index is 0.616. The Bertz CT molecular complexity index is 2800. The molecule has 7 aromatic carbocycles. The summed E-state index contributed by atoms with van der Waals surface area (Å²) >= 11 is 0. The summed E-state index contributed by atoms with van der Waals surface area (Å²) in [5, 5.41) is 4.50. The Morgan fingerprint density at radius 3 is 1.62 bits per heavy atom. The van der Waals surface area contributed by atoms with Crippen molar-refractivity contribution in [2.45, 2.75) is 0 Å². The van der Waals surface area contributed by atoms with E-state index in [1.807, 2.05) is 72.8 Å². The Morgan fingerprint density at radius 1 is 0.360 bits per heavy atom. The first-order valence-corrected chi connectivity index (χ1v) is 16.7. The lowest BCUT2D eigenvalue weighted by Crippen LogP contribution is -2.01. The second-order valence-electron chi connectivity index (χ2n) is 12.5. The predicted molar refractivity (Wildman–Crippen MR) is 203 cm³/mol. The fourth-order valence-electron chi connectivity index (χ4n) is 7.15. The lowest BCUT2D eigenvalue weighted by molar-refractivity contribution is 0.664. The van der Waals surface area contributed by atoms with Gasteiger partial charge in [0.15, 0.2) is 17.5 Å². The number of para-hydroxylation sites is 1. The molecule has 0 unspecified atom stereocenters. The summed E-state index contributed by atoms with van der Waals surface area (Å²) in [5.74, 6) is 1.89. The van der Waals surface area contributed by atoms with Crippen LogP contribution in [-0.2, 0) is 0 Å². The van der Waals surface area contributed by atoms with Gasteiger partial charge in [-0.2, -0.15) is 0 Å². The van der Waals surface area contributed by atoms with Gasteiger partial charge in [-0.3, -0.25) is 0 Å². The molecule has 5 heteroatoms. The molecule has 0 aliphatic carbocycles. The van der Waals surface area contributed by atoms with Crippen molar-refractivity contribution in [1.29, 1.82) is 0 Å². The maximum absolute atomic E-state index is 6.80. The van der Waals surface area contributed by atoms with E-state index in [9.17, 15) is 0 Å². The van der Waals surface area contributed by atoms with Crippen LogP contribution in [0.4, 0.5) is 0 Å². The zero-order valence-corrected chi connectivity index (χ0v) is 26.9. The fraction of sp³-hybridized carbons (Fsp3) is 0. The largest absolute Gasteiger partial charge is 0.456 e. The van der Waals surface area contributed by atoms with Crippen LogP contribution in [0.15, 0.2) is 174 Å². The van der Waals surface area contributed by atoms with Crippen molar-refractivity contribution in [2.75, 3.05) is 0 Å². The molecule has 10 rings (SSSR count). The third-order valence-corrected chi connectivity index (χ3v) is 9.42. The minimum Gasteiger partial charge on any atom is -0.456 e. The van der Waals surface area contributed by atoms with Gasteiger partial charge in [-0.25, -0.2) is 15.0 Å². The molecular formula is C45H28N4O. The number of aromatic nitrogens is 4. The van der Waals surface area contributed by atoms with Crippen LogP contribution in [0.5, 0.6) is 0 Å². The van der Waals surface area contributed by atoms with Crippen molar-refractivity contribution >= 4 is 43.7 Å². The monoisotopic (exact) mass is 640 g/mol. The van der Waals surface area contributed by atoms with Gasteiger partial charge in [-0.15, -0.1) is 0 Å². The van der Waals surface area contributed by atoms with Crippen LogP contribution in [0.3, 0.4) is 0 Å². The molecule has 10 aromatic rings. The molecule has 5 nitrogen and oxygen atoms in total. The van der Waals surface area contributed by atoms with E-state index in [0.29, 0.717) is 17.5 Å². The van der Waals surface area contributed by atoms with Crippen molar-refractivity contribution in [1.82, 2.24) is 19.5 Å². The van der Waals surface area contributed by atoms with E-state index in [1.165, 1.54) is 5.39 Å². The summed E-state index contributed by atoms with van der Waals surface area (Å²) in [7, 11) is 0. The molecule has 50 heavy (non-hydrogen) atoms. The van der Waals surface area contributed by atoms with Gasteiger partial charge < -0.3 is 8.98 Å². The molecule has 0 bridgehead atoms. The first-order chi connectivity index (χ1) is 24.8. The van der Waals surface area contributed by atoms with Crippen molar-refractivity contribution < 1.29 is 4.42 Å². The third-order valence-electron chi connectivity index (χ3n) is 9.42.